The number of aliphatic imine (C=N–C) groups is 1. The molecule has 0 atom stereocenters. The highest BCUT2D eigenvalue weighted by molar-refractivity contribution is 8.18. The molecule has 1 amide bonds. The molecule has 0 spiro atoms. The number of phenols is 1. The van der Waals surface area contributed by atoms with Crippen molar-refractivity contribution in [3.8, 4) is 11.5 Å². The Morgan fingerprint density at radius 3 is 2.80 bits per heavy atom. The van der Waals surface area contributed by atoms with E-state index in [1.165, 1.54) is 34.9 Å². The monoisotopic (exact) mass is 424 g/mol. The minimum Gasteiger partial charge on any atom is -0.504 e. The van der Waals surface area contributed by atoms with Crippen LogP contribution >= 0.6 is 11.8 Å². The van der Waals surface area contributed by atoms with Crippen molar-refractivity contribution < 1.29 is 24.5 Å². The van der Waals surface area contributed by atoms with E-state index >= 15 is 0 Å². The number of rotatable bonds is 7. The molecular weight excluding hydrogens is 404 g/mol. The summed E-state index contributed by atoms with van der Waals surface area (Å²) in [5.74, 6) is -0.921. The van der Waals surface area contributed by atoms with Crippen LogP contribution in [0.1, 0.15) is 22.8 Å². The second-order valence-electron chi connectivity index (χ2n) is 6.23. The lowest BCUT2D eigenvalue weighted by Gasteiger charge is -2.12. The van der Waals surface area contributed by atoms with E-state index in [2.05, 4.69) is 11.6 Å². The predicted molar refractivity (Wildman–Crippen MR) is 117 cm³/mol. The number of aromatic hydroxyl groups is 1. The summed E-state index contributed by atoms with van der Waals surface area (Å²) in [5, 5.41) is 19.5. The first kappa shape index (κ1) is 21.2. The number of carbonyl (C=O) groups is 2. The van der Waals surface area contributed by atoms with Crippen molar-refractivity contribution in [2.75, 3.05) is 13.2 Å². The smallest absolute Gasteiger partial charge is 0.335 e. The maximum atomic E-state index is 12.9. The van der Waals surface area contributed by atoms with E-state index in [1.54, 1.807) is 36.4 Å². The number of amides is 1. The van der Waals surface area contributed by atoms with Gasteiger partial charge in [-0.3, -0.25) is 9.69 Å². The number of carboxylic acid groups (broad SMARTS) is 1. The number of nitrogens with zero attached hydrogens (tertiary/aromatic N) is 2. The van der Waals surface area contributed by atoms with E-state index in [0.717, 1.165) is 0 Å². The lowest BCUT2D eigenvalue weighted by atomic mass is 10.2. The number of benzene rings is 2. The standard InChI is InChI=1S/C22H20N2O5S/c1-3-10-24-20(26)19(12-14-8-9-17(25)18(11-14)29-4-2)30-22(24)23-16-7-5-6-15(13-16)21(27)28/h3,5-9,11-13,25H,1,4,10H2,2H3,(H,27,28)/b19-12-,23-22?. The maximum Gasteiger partial charge on any atom is 0.335 e. The number of aromatic carboxylic acids is 1. The van der Waals surface area contributed by atoms with E-state index in [9.17, 15) is 14.7 Å². The van der Waals surface area contributed by atoms with Gasteiger partial charge < -0.3 is 14.9 Å². The molecule has 0 saturated carbocycles. The van der Waals surface area contributed by atoms with Crippen LogP contribution in [0.25, 0.3) is 6.08 Å². The minimum absolute atomic E-state index is 0.0262. The molecule has 1 saturated heterocycles. The van der Waals surface area contributed by atoms with E-state index in [1.807, 2.05) is 6.92 Å². The first-order valence-corrected chi connectivity index (χ1v) is 9.94. The normalized spacial score (nSPS) is 16.3. The summed E-state index contributed by atoms with van der Waals surface area (Å²) in [6, 6.07) is 11.0. The zero-order valence-electron chi connectivity index (χ0n) is 16.2. The third-order valence-electron chi connectivity index (χ3n) is 4.10. The van der Waals surface area contributed by atoms with Crippen LogP contribution in [0.15, 0.2) is 65.0 Å². The second-order valence-corrected chi connectivity index (χ2v) is 7.23. The molecule has 0 bridgehead atoms. The number of carboxylic acids is 1. The molecule has 0 aromatic heterocycles. The molecule has 1 aliphatic rings. The van der Waals surface area contributed by atoms with Gasteiger partial charge in [-0.2, -0.15) is 0 Å². The molecule has 2 aromatic carbocycles. The van der Waals surface area contributed by atoms with Crippen LogP contribution < -0.4 is 4.74 Å². The molecule has 3 rings (SSSR count). The zero-order valence-corrected chi connectivity index (χ0v) is 17.1. The van der Waals surface area contributed by atoms with E-state index < -0.39 is 5.97 Å². The fraction of sp³-hybridized carbons (Fsp3) is 0.136. The van der Waals surface area contributed by atoms with Crippen LogP contribution in [-0.4, -0.2) is 45.3 Å². The van der Waals surface area contributed by atoms with E-state index in [0.29, 0.717) is 33.7 Å². The number of phenolic OH excluding ortho intramolecular Hbond substituents is 1. The third kappa shape index (κ3) is 4.72. The Kier molecular flexibility index (Phi) is 6.58. The number of carbonyl (C=O) groups excluding carboxylic acids is 1. The van der Waals surface area contributed by atoms with E-state index in [-0.39, 0.29) is 23.8 Å². The second kappa shape index (κ2) is 9.32. The quantitative estimate of drug-likeness (QED) is 0.508. The van der Waals surface area contributed by atoms with Crippen LogP contribution in [0.5, 0.6) is 11.5 Å². The van der Waals surface area contributed by atoms with Crippen molar-refractivity contribution in [3.63, 3.8) is 0 Å². The van der Waals surface area contributed by atoms with Crippen molar-refractivity contribution in [2.24, 2.45) is 4.99 Å². The molecule has 2 N–H and O–H groups in total. The molecule has 1 fully saturated rings. The Morgan fingerprint density at radius 2 is 2.10 bits per heavy atom. The van der Waals surface area contributed by atoms with Crippen LogP contribution in [-0.2, 0) is 4.79 Å². The molecule has 2 aromatic rings. The van der Waals surface area contributed by atoms with Gasteiger partial charge in [-0.05, 0) is 60.7 Å². The highest BCUT2D eigenvalue weighted by atomic mass is 32.2. The summed E-state index contributed by atoms with van der Waals surface area (Å²) in [5.41, 5.74) is 1.24. The van der Waals surface area contributed by atoms with Gasteiger partial charge in [0.1, 0.15) is 0 Å². The SMILES string of the molecule is C=CCN1C(=O)/C(=C/c2ccc(O)c(OCC)c2)SC1=Nc1cccc(C(=O)O)c1. The third-order valence-corrected chi connectivity index (χ3v) is 5.11. The molecule has 30 heavy (non-hydrogen) atoms. The largest absolute Gasteiger partial charge is 0.504 e. The van der Waals surface area contributed by atoms with Crippen molar-refractivity contribution in [1.29, 1.82) is 0 Å². The van der Waals surface area contributed by atoms with Gasteiger partial charge in [-0.1, -0.05) is 18.2 Å². The maximum absolute atomic E-state index is 12.9. The first-order valence-electron chi connectivity index (χ1n) is 9.13. The Balaban J connectivity index is 1.96. The summed E-state index contributed by atoms with van der Waals surface area (Å²) in [7, 11) is 0. The number of hydrogen-bond acceptors (Lipinski definition) is 6. The van der Waals surface area contributed by atoms with E-state index in [4.69, 9.17) is 9.84 Å². The molecule has 0 unspecified atom stereocenters. The van der Waals surface area contributed by atoms with Crippen molar-refractivity contribution >= 4 is 40.6 Å². The Labute approximate surface area is 178 Å². The van der Waals surface area contributed by atoms with Gasteiger partial charge in [-0.15, -0.1) is 6.58 Å². The summed E-state index contributed by atoms with van der Waals surface area (Å²) < 4.78 is 5.39. The Bertz CT molecular complexity index is 1060. The summed E-state index contributed by atoms with van der Waals surface area (Å²) in [4.78, 5) is 30.5. The summed E-state index contributed by atoms with van der Waals surface area (Å²) in [6.45, 7) is 6.17. The number of amidine groups is 1. The number of ether oxygens (including phenoxy) is 1. The van der Waals surface area contributed by atoms with Crippen LogP contribution in [0, 0.1) is 0 Å². The molecule has 1 heterocycles. The van der Waals surface area contributed by atoms with Gasteiger partial charge >= 0.3 is 5.97 Å². The average Bonchev–Trinajstić information content (AvgIpc) is 3.00. The lowest BCUT2D eigenvalue weighted by Crippen LogP contribution is -2.29. The van der Waals surface area contributed by atoms with Crippen LogP contribution in [0.4, 0.5) is 5.69 Å². The van der Waals surface area contributed by atoms with Gasteiger partial charge in [0.15, 0.2) is 16.7 Å². The fourth-order valence-corrected chi connectivity index (χ4v) is 3.75. The number of thioether (sulfide) groups is 1. The molecule has 154 valence electrons. The number of hydrogen-bond donors (Lipinski definition) is 2. The zero-order chi connectivity index (χ0) is 21.7. The van der Waals surface area contributed by atoms with Gasteiger partial charge in [0.05, 0.1) is 22.8 Å². The Morgan fingerprint density at radius 1 is 1.30 bits per heavy atom. The molecule has 0 radical (unpaired) electrons. The predicted octanol–water partition coefficient (Wildman–Crippen LogP) is 4.28. The minimum atomic E-state index is -1.05. The fourth-order valence-electron chi connectivity index (χ4n) is 2.74. The first-order chi connectivity index (χ1) is 14.4. The van der Waals surface area contributed by atoms with Crippen LogP contribution in [0.2, 0.25) is 0 Å². The molecular formula is C22H20N2O5S. The molecule has 7 nitrogen and oxygen atoms in total. The van der Waals surface area contributed by atoms with Crippen molar-refractivity contribution in [3.05, 3.63) is 71.2 Å². The Hall–Kier alpha value is -3.52. The van der Waals surface area contributed by atoms with Gasteiger partial charge in [-0.25, -0.2) is 9.79 Å². The highest BCUT2D eigenvalue weighted by Gasteiger charge is 2.32. The highest BCUT2D eigenvalue weighted by Crippen LogP contribution is 2.35. The van der Waals surface area contributed by atoms with Crippen molar-refractivity contribution in [1.82, 2.24) is 4.90 Å². The topological polar surface area (TPSA) is 99.4 Å². The van der Waals surface area contributed by atoms with Crippen molar-refractivity contribution in [2.45, 2.75) is 6.92 Å². The van der Waals surface area contributed by atoms with Crippen LogP contribution in [0.3, 0.4) is 0 Å². The van der Waals surface area contributed by atoms with Gasteiger partial charge in [0, 0.05) is 6.54 Å². The summed E-state index contributed by atoms with van der Waals surface area (Å²) >= 11 is 1.18. The molecule has 8 heteroatoms. The lowest BCUT2D eigenvalue weighted by molar-refractivity contribution is -0.121. The molecule has 0 aliphatic carbocycles. The average molecular weight is 424 g/mol. The summed E-state index contributed by atoms with van der Waals surface area (Å²) in [6.07, 6.45) is 3.29. The van der Waals surface area contributed by atoms with Gasteiger partial charge in [0.2, 0.25) is 0 Å². The molecule has 1 aliphatic heterocycles. The van der Waals surface area contributed by atoms with Gasteiger partial charge in [0.25, 0.3) is 5.91 Å².